The Balaban J connectivity index is 1.64. The molecule has 1 N–H and O–H groups in total. The normalized spacial score (nSPS) is 14.8. The van der Waals surface area contributed by atoms with Crippen molar-refractivity contribution in [1.29, 1.82) is 0 Å². The summed E-state index contributed by atoms with van der Waals surface area (Å²) in [4.78, 5) is 31.3. The predicted molar refractivity (Wildman–Crippen MR) is 142 cm³/mol. The highest BCUT2D eigenvalue weighted by molar-refractivity contribution is 7.98. The van der Waals surface area contributed by atoms with E-state index in [1.165, 1.54) is 10.6 Å². The number of carbonyl (C=O) groups excluding carboxylic acids is 1. The molecule has 37 heavy (non-hydrogen) atoms. The first-order chi connectivity index (χ1) is 17.9. The molecule has 1 aliphatic carbocycles. The van der Waals surface area contributed by atoms with Crippen LogP contribution in [0.25, 0.3) is 27.4 Å². The molecule has 0 saturated heterocycles. The number of Topliss-reactive ketones (excluding diaryl/α,β-unsaturated/α-hetero) is 1. The van der Waals surface area contributed by atoms with Crippen LogP contribution < -0.4 is 4.74 Å². The Bertz CT molecular complexity index is 1720. The van der Waals surface area contributed by atoms with Crippen molar-refractivity contribution in [3.8, 4) is 5.75 Å². The van der Waals surface area contributed by atoms with Gasteiger partial charge in [-0.3, -0.25) is 4.79 Å². The molecule has 186 valence electrons. The number of halogens is 2. The fourth-order valence-corrected chi connectivity index (χ4v) is 5.76. The van der Waals surface area contributed by atoms with Crippen molar-refractivity contribution in [1.82, 2.24) is 9.55 Å². The van der Waals surface area contributed by atoms with Crippen molar-refractivity contribution in [3.63, 3.8) is 0 Å². The van der Waals surface area contributed by atoms with Crippen LogP contribution in [-0.4, -0.2) is 39.3 Å². The van der Waals surface area contributed by atoms with E-state index in [1.54, 1.807) is 30.0 Å². The largest absolute Gasteiger partial charge is 0.492 e. The van der Waals surface area contributed by atoms with Gasteiger partial charge in [-0.05, 0) is 30.5 Å². The molecule has 0 bridgehead atoms. The van der Waals surface area contributed by atoms with Crippen LogP contribution >= 0.6 is 23.4 Å². The zero-order valence-corrected chi connectivity index (χ0v) is 21.3. The maximum absolute atomic E-state index is 15.2. The number of carboxylic acids is 1. The number of nitrogens with zero attached hydrogens (tertiary/aromatic N) is 2. The number of aromatic nitrogens is 2. The Morgan fingerprint density at radius 2 is 2.14 bits per heavy atom. The molecule has 2 aromatic carbocycles. The van der Waals surface area contributed by atoms with Crippen molar-refractivity contribution >= 4 is 62.5 Å². The van der Waals surface area contributed by atoms with Gasteiger partial charge in [-0.15, -0.1) is 11.8 Å². The van der Waals surface area contributed by atoms with E-state index in [1.807, 2.05) is 30.5 Å². The number of thioether (sulfide) groups is 1. The highest BCUT2D eigenvalue weighted by Gasteiger charge is 2.33. The number of carbonyl (C=O) groups is 2. The molecular formula is C28H20ClFN2O4S. The van der Waals surface area contributed by atoms with Crippen LogP contribution in [-0.2, 0) is 17.8 Å². The second-order valence-corrected chi connectivity index (χ2v) is 10.1. The van der Waals surface area contributed by atoms with E-state index >= 15 is 4.39 Å². The topological polar surface area (TPSA) is 81.4 Å². The van der Waals surface area contributed by atoms with Gasteiger partial charge in [0.2, 0.25) is 0 Å². The van der Waals surface area contributed by atoms with Crippen LogP contribution in [0.5, 0.6) is 5.75 Å². The van der Waals surface area contributed by atoms with Crippen molar-refractivity contribution in [2.24, 2.45) is 0 Å². The highest BCUT2D eigenvalue weighted by Crippen LogP contribution is 2.44. The van der Waals surface area contributed by atoms with Gasteiger partial charge in [0.15, 0.2) is 5.78 Å². The van der Waals surface area contributed by atoms with Gasteiger partial charge in [-0.25, -0.2) is 14.2 Å². The quantitative estimate of drug-likeness (QED) is 0.239. The summed E-state index contributed by atoms with van der Waals surface area (Å²) < 4.78 is 22.5. The average molecular weight is 535 g/mol. The Kier molecular flexibility index (Phi) is 5.81. The van der Waals surface area contributed by atoms with Gasteiger partial charge in [0.05, 0.1) is 29.6 Å². The number of ether oxygens (including phenoxy) is 1. The third-order valence-electron chi connectivity index (χ3n) is 6.81. The Morgan fingerprint density at radius 3 is 2.89 bits per heavy atom. The molecule has 0 amide bonds. The van der Waals surface area contributed by atoms with Crippen LogP contribution in [0.1, 0.15) is 33.6 Å². The predicted octanol–water partition coefficient (Wildman–Crippen LogP) is 6.30. The van der Waals surface area contributed by atoms with Gasteiger partial charge in [-0.1, -0.05) is 35.9 Å². The zero-order valence-electron chi connectivity index (χ0n) is 19.7. The van der Waals surface area contributed by atoms with Gasteiger partial charge >= 0.3 is 5.97 Å². The number of benzene rings is 2. The fourth-order valence-electron chi connectivity index (χ4n) is 5.12. The lowest BCUT2D eigenvalue weighted by Crippen LogP contribution is -2.14. The maximum Gasteiger partial charge on any atom is 0.353 e. The summed E-state index contributed by atoms with van der Waals surface area (Å²) in [6.45, 7) is 0.295. The monoisotopic (exact) mass is 534 g/mol. The van der Waals surface area contributed by atoms with E-state index in [4.69, 9.17) is 16.3 Å². The number of hydrogen-bond acceptors (Lipinski definition) is 5. The molecule has 0 saturated carbocycles. The standard InChI is InChI=1S/C28H20ClFN2O4S/c1-37-16-7-6-14-10-15(27(29)31-20(14)11-16)13-32-21-12-19(30)17-8-9-36-26(17)24(21)23(25(32)28(34)35)18-4-2-3-5-22(18)33/h2-4,6-7,10-12H,5,8-9,13H2,1H3,(H,34,35). The molecule has 0 unspecified atom stereocenters. The smallest absolute Gasteiger partial charge is 0.353 e. The van der Waals surface area contributed by atoms with E-state index in [0.29, 0.717) is 34.2 Å². The third kappa shape index (κ3) is 3.83. The first-order valence-electron chi connectivity index (χ1n) is 11.6. The van der Waals surface area contributed by atoms with Crippen LogP contribution in [0.2, 0.25) is 5.15 Å². The minimum atomic E-state index is -1.24. The second kappa shape index (κ2) is 9.04. The van der Waals surface area contributed by atoms with E-state index in [0.717, 1.165) is 15.8 Å². The Labute approximate surface area is 220 Å². The van der Waals surface area contributed by atoms with E-state index in [2.05, 4.69) is 4.98 Å². The average Bonchev–Trinajstić information content (AvgIpc) is 3.48. The molecule has 3 heterocycles. The van der Waals surface area contributed by atoms with Gasteiger partial charge in [0.1, 0.15) is 22.4 Å². The fraction of sp³-hybridized carbons (Fsp3) is 0.179. The number of hydrogen-bond donors (Lipinski definition) is 1. The molecule has 2 aliphatic rings. The summed E-state index contributed by atoms with van der Waals surface area (Å²) in [5.41, 5.74) is 2.38. The number of fused-ring (bicyclic) bond motifs is 4. The highest BCUT2D eigenvalue weighted by atomic mass is 35.5. The molecule has 6 nitrogen and oxygen atoms in total. The van der Waals surface area contributed by atoms with Crippen LogP contribution in [0.4, 0.5) is 4.39 Å². The summed E-state index contributed by atoms with van der Waals surface area (Å²) >= 11 is 8.18. The first-order valence-corrected chi connectivity index (χ1v) is 13.2. The lowest BCUT2D eigenvalue weighted by Gasteiger charge is -2.13. The molecule has 2 aromatic heterocycles. The zero-order chi connectivity index (χ0) is 25.8. The Morgan fingerprint density at radius 1 is 1.30 bits per heavy atom. The van der Waals surface area contributed by atoms with Gasteiger partial charge in [0.25, 0.3) is 0 Å². The molecule has 1 aliphatic heterocycles. The number of pyridine rings is 1. The van der Waals surface area contributed by atoms with E-state index < -0.39 is 11.8 Å². The lowest BCUT2D eigenvalue weighted by atomic mass is 9.92. The number of allylic oxidation sites excluding steroid dienone is 4. The van der Waals surface area contributed by atoms with Crippen molar-refractivity contribution in [3.05, 3.63) is 81.9 Å². The minimum absolute atomic E-state index is 0.0136. The van der Waals surface area contributed by atoms with Gasteiger partial charge in [-0.2, -0.15) is 0 Å². The van der Waals surface area contributed by atoms with E-state index in [9.17, 15) is 14.7 Å². The summed E-state index contributed by atoms with van der Waals surface area (Å²) in [7, 11) is 0. The summed E-state index contributed by atoms with van der Waals surface area (Å²) in [6, 6.07) is 9.04. The number of carboxylic acid groups (broad SMARTS) is 1. The molecule has 0 atom stereocenters. The molecule has 0 spiro atoms. The van der Waals surface area contributed by atoms with Crippen molar-refractivity contribution < 1.29 is 23.8 Å². The van der Waals surface area contributed by atoms with Gasteiger partial charge in [0, 0.05) is 45.4 Å². The summed E-state index contributed by atoms with van der Waals surface area (Å²) in [6.07, 6.45) is 7.55. The number of ketones is 1. The third-order valence-corrected chi connectivity index (χ3v) is 7.86. The van der Waals surface area contributed by atoms with E-state index in [-0.39, 0.29) is 47.3 Å². The molecule has 4 aromatic rings. The minimum Gasteiger partial charge on any atom is -0.492 e. The molecule has 0 radical (unpaired) electrons. The number of rotatable bonds is 5. The lowest BCUT2D eigenvalue weighted by molar-refractivity contribution is -0.113. The van der Waals surface area contributed by atoms with Crippen LogP contribution in [0.3, 0.4) is 0 Å². The summed E-state index contributed by atoms with van der Waals surface area (Å²) in [5, 5.41) is 11.9. The summed E-state index contributed by atoms with van der Waals surface area (Å²) in [5.74, 6) is -1.63. The van der Waals surface area contributed by atoms with Crippen molar-refractivity contribution in [2.75, 3.05) is 12.9 Å². The molecular weight excluding hydrogens is 515 g/mol. The SMILES string of the molecule is CSc1ccc2cc(Cn3c(C(=O)O)c(C4=CC=CCC4=O)c4c5c(c(F)cc43)CCO5)c(Cl)nc2c1. The first kappa shape index (κ1) is 23.8. The van der Waals surface area contributed by atoms with Crippen LogP contribution in [0, 0.1) is 5.82 Å². The molecule has 0 fully saturated rings. The van der Waals surface area contributed by atoms with Crippen molar-refractivity contribution in [2.45, 2.75) is 24.3 Å². The van der Waals surface area contributed by atoms with Crippen LogP contribution in [0.15, 0.2) is 53.5 Å². The maximum atomic E-state index is 15.2. The Hall–Kier alpha value is -3.62. The van der Waals surface area contributed by atoms with Gasteiger partial charge < -0.3 is 14.4 Å². The molecule has 9 heteroatoms. The second-order valence-electron chi connectivity index (χ2n) is 8.91. The molecule has 6 rings (SSSR count). The number of aromatic carboxylic acids is 1.